The Kier molecular flexibility index (Phi) is 4.83. The van der Waals surface area contributed by atoms with Crippen LogP contribution < -0.4 is 0 Å². The molecule has 1 aliphatic rings. The van der Waals surface area contributed by atoms with Gasteiger partial charge in [-0.1, -0.05) is 6.07 Å². The molecular formula is C19H19FN2O4S. The molecule has 0 fully saturated rings. The molecular weight excluding hydrogens is 371 g/mol. The van der Waals surface area contributed by atoms with Crippen LogP contribution >= 0.6 is 0 Å². The number of aromatic amines is 1. The SMILES string of the molecule is O=S1c2ccc(-c3c[nH]c4cc(F)ccc34)cc2C(CO)N1CC(O)CO. The van der Waals surface area contributed by atoms with Gasteiger partial charge in [-0.05, 0) is 41.5 Å². The van der Waals surface area contributed by atoms with Gasteiger partial charge >= 0.3 is 0 Å². The Labute approximate surface area is 157 Å². The van der Waals surface area contributed by atoms with Crippen LogP contribution in [0.15, 0.2) is 47.5 Å². The molecule has 2 heterocycles. The number of aliphatic hydroxyl groups excluding tert-OH is 3. The average molecular weight is 390 g/mol. The van der Waals surface area contributed by atoms with Crippen molar-refractivity contribution in [2.45, 2.75) is 17.0 Å². The number of H-pyrrole nitrogens is 1. The topological polar surface area (TPSA) is 96.8 Å². The summed E-state index contributed by atoms with van der Waals surface area (Å²) in [6.07, 6.45) is 0.749. The molecule has 4 N–H and O–H groups in total. The summed E-state index contributed by atoms with van der Waals surface area (Å²) in [4.78, 5) is 3.63. The number of rotatable bonds is 5. The Balaban J connectivity index is 1.76. The maximum absolute atomic E-state index is 13.4. The maximum Gasteiger partial charge on any atom is 0.128 e. The lowest BCUT2D eigenvalue weighted by Crippen LogP contribution is -2.35. The second-order valence-corrected chi connectivity index (χ2v) is 7.94. The van der Waals surface area contributed by atoms with Gasteiger partial charge in [0.05, 0.1) is 30.3 Å². The molecule has 1 aromatic heterocycles. The third-order valence-electron chi connectivity index (χ3n) is 4.85. The van der Waals surface area contributed by atoms with Gasteiger partial charge in [-0.15, -0.1) is 0 Å². The summed E-state index contributed by atoms with van der Waals surface area (Å²) >= 11 is 0. The lowest BCUT2D eigenvalue weighted by molar-refractivity contribution is 0.0665. The van der Waals surface area contributed by atoms with Gasteiger partial charge in [-0.2, -0.15) is 0 Å². The summed E-state index contributed by atoms with van der Waals surface area (Å²) in [5.41, 5.74) is 3.13. The zero-order valence-electron chi connectivity index (χ0n) is 14.3. The molecule has 0 amide bonds. The van der Waals surface area contributed by atoms with Crippen molar-refractivity contribution >= 4 is 21.9 Å². The minimum atomic E-state index is -1.53. The van der Waals surface area contributed by atoms with Gasteiger partial charge in [0.2, 0.25) is 0 Å². The van der Waals surface area contributed by atoms with Crippen LogP contribution in [-0.4, -0.2) is 54.7 Å². The van der Waals surface area contributed by atoms with Crippen LogP contribution in [0.25, 0.3) is 22.0 Å². The highest BCUT2D eigenvalue weighted by Crippen LogP contribution is 2.40. The number of aliphatic hydroxyl groups is 3. The van der Waals surface area contributed by atoms with Crippen molar-refractivity contribution < 1.29 is 23.9 Å². The van der Waals surface area contributed by atoms with E-state index < -0.39 is 29.7 Å². The number of aromatic nitrogens is 1. The van der Waals surface area contributed by atoms with E-state index in [4.69, 9.17) is 5.11 Å². The standard InChI is InChI=1S/C19H19FN2O4S/c20-12-2-3-14-16(7-21-17(14)6-12)11-1-4-19-15(5-11)18(10-24)22(27(19)26)8-13(25)9-23/h1-7,13,18,21,23-25H,8-10H2. The van der Waals surface area contributed by atoms with Gasteiger partial charge < -0.3 is 20.3 Å². The molecule has 0 saturated carbocycles. The van der Waals surface area contributed by atoms with Crippen molar-refractivity contribution in [2.24, 2.45) is 0 Å². The van der Waals surface area contributed by atoms with Crippen LogP contribution in [0, 0.1) is 5.82 Å². The Morgan fingerprint density at radius 2 is 2.04 bits per heavy atom. The molecule has 1 aliphatic heterocycles. The van der Waals surface area contributed by atoms with Crippen LogP contribution in [0.4, 0.5) is 4.39 Å². The van der Waals surface area contributed by atoms with Crippen molar-refractivity contribution in [3.63, 3.8) is 0 Å². The van der Waals surface area contributed by atoms with Gasteiger partial charge in [0.25, 0.3) is 0 Å². The fraction of sp³-hybridized carbons (Fsp3) is 0.263. The van der Waals surface area contributed by atoms with Gasteiger partial charge in [0, 0.05) is 29.2 Å². The highest BCUT2D eigenvalue weighted by atomic mass is 32.2. The molecule has 3 unspecified atom stereocenters. The second-order valence-electron chi connectivity index (χ2n) is 6.53. The zero-order chi connectivity index (χ0) is 19.1. The number of fused-ring (bicyclic) bond motifs is 2. The Morgan fingerprint density at radius 3 is 2.78 bits per heavy atom. The average Bonchev–Trinajstić information content (AvgIpc) is 3.20. The third-order valence-corrected chi connectivity index (χ3v) is 6.42. The van der Waals surface area contributed by atoms with Crippen LogP contribution in [0.2, 0.25) is 0 Å². The van der Waals surface area contributed by atoms with E-state index in [1.807, 2.05) is 12.1 Å². The molecule has 27 heavy (non-hydrogen) atoms. The Morgan fingerprint density at radius 1 is 1.22 bits per heavy atom. The second kappa shape index (κ2) is 7.14. The number of hydrogen-bond donors (Lipinski definition) is 4. The number of β-amino-alcohol motifs (C(OH)–C–C–N with tert-alkyl or cyclic N) is 1. The van der Waals surface area contributed by atoms with Gasteiger partial charge in [-0.3, -0.25) is 0 Å². The molecule has 8 heteroatoms. The summed E-state index contributed by atoms with van der Waals surface area (Å²) in [6, 6.07) is 9.44. The van der Waals surface area contributed by atoms with E-state index in [1.54, 1.807) is 18.3 Å². The van der Waals surface area contributed by atoms with E-state index in [0.717, 1.165) is 22.1 Å². The van der Waals surface area contributed by atoms with Crippen LogP contribution in [-0.2, 0) is 11.0 Å². The van der Waals surface area contributed by atoms with E-state index in [2.05, 4.69) is 4.98 Å². The monoisotopic (exact) mass is 390 g/mol. The summed E-state index contributed by atoms with van der Waals surface area (Å²) in [5, 5.41) is 29.5. The Bertz CT molecular complexity index is 1020. The molecule has 0 bridgehead atoms. The molecule has 3 atom stereocenters. The van der Waals surface area contributed by atoms with E-state index >= 15 is 0 Å². The van der Waals surface area contributed by atoms with Crippen LogP contribution in [0.3, 0.4) is 0 Å². The van der Waals surface area contributed by atoms with Crippen molar-refractivity contribution in [2.75, 3.05) is 19.8 Å². The third kappa shape index (κ3) is 3.09. The molecule has 4 rings (SSSR count). The van der Waals surface area contributed by atoms with Crippen molar-refractivity contribution in [3.8, 4) is 11.1 Å². The highest BCUT2D eigenvalue weighted by molar-refractivity contribution is 7.83. The predicted octanol–water partition coefficient (Wildman–Crippen LogP) is 1.70. The van der Waals surface area contributed by atoms with E-state index in [9.17, 15) is 18.8 Å². The molecule has 0 radical (unpaired) electrons. The fourth-order valence-electron chi connectivity index (χ4n) is 3.52. The fourth-order valence-corrected chi connectivity index (χ4v) is 5.07. The van der Waals surface area contributed by atoms with E-state index in [0.29, 0.717) is 10.4 Å². The van der Waals surface area contributed by atoms with Crippen LogP contribution in [0.1, 0.15) is 11.6 Å². The van der Waals surface area contributed by atoms with E-state index in [1.165, 1.54) is 16.4 Å². The smallest absolute Gasteiger partial charge is 0.128 e. The van der Waals surface area contributed by atoms with Gasteiger partial charge in [0.1, 0.15) is 16.8 Å². The Hall–Kier alpha value is -2.10. The summed E-state index contributed by atoms with van der Waals surface area (Å²) in [6.45, 7) is -0.719. The molecule has 3 aromatic rings. The van der Waals surface area contributed by atoms with Crippen LogP contribution in [0.5, 0.6) is 0 Å². The summed E-state index contributed by atoms with van der Waals surface area (Å²) in [7, 11) is -1.53. The number of nitrogens with one attached hydrogen (secondary N) is 1. The maximum atomic E-state index is 13.4. The van der Waals surface area contributed by atoms with Gasteiger partial charge in [0.15, 0.2) is 0 Å². The minimum Gasteiger partial charge on any atom is -0.394 e. The first-order valence-corrected chi connectivity index (χ1v) is 9.63. The molecule has 142 valence electrons. The molecule has 6 nitrogen and oxygen atoms in total. The zero-order valence-corrected chi connectivity index (χ0v) is 15.1. The molecule has 0 spiro atoms. The molecule has 2 aromatic carbocycles. The number of nitrogens with zero attached hydrogens (tertiary/aromatic N) is 1. The van der Waals surface area contributed by atoms with E-state index in [-0.39, 0.29) is 19.0 Å². The lowest BCUT2D eigenvalue weighted by atomic mass is 9.99. The minimum absolute atomic E-state index is 0.00921. The van der Waals surface area contributed by atoms with Crippen molar-refractivity contribution in [3.05, 3.63) is 54.0 Å². The largest absolute Gasteiger partial charge is 0.394 e. The first kappa shape index (κ1) is 18.3. The van der Waals surface area contributed by atoms with Crippen molar-refractivity contribution in [1.29, 1.82) is 0 Å². The normalized spacial score (nSPS) is 20.9. The number of hydrogen-bond acceptors (Lipinski definition) is 4. The number of benzene rings is 2. The summed E-state index contributed by atoms with van der Waals surface area (Å²) in [5.74, 6) is -0.321. The van der Waals surface area contributed by atoms with Gasteiger partial charge in [-0.25, -0.2) is 12.9 Å². The first-order chi connectivity index (χ1) is 13.0. The highest BCUT2D eigenvalue weighted by Gasteiger charge is 2.37. The molecule has 0 saturated heterocycles. The number of halogens is 1. The summed E-state index contributed by atoms with van der Waals surface area (Å²) < 4.78 is 27.7. The first-order valence-electron chi connectivity index (χ1n) is 8.52. The van der Waals surface area contributed by atoms with Crippen molar-refractivity contribution in [1.82, 2.24) is 9.29 Å². The predicted molar refractivity (Wildman–Crippen MR) is 99.7 cm³/mol. The lowest BCUT2D eigenvalue weighted by Gasteiger charge is -2.23. The quantitative estimate of drug-likeness (QED) is 0.533. The molecule has 0 aliphatic carbocycles.